The van der Waals surface area contributed by atoms with Gasteiger partial charge in [-0.05, 0) is 26.2 Å². The van der Waals surface area contributed by atoms with Crippen LogP contribution in [0.15, 0.2) is 0 Å². The van der Waals surface area contributed by atoms with Crippen molar-refractivity contribution in [1.82, 2.24) is 5.32 Å². The Morgan fingerprint density at radius 1 is 1.31 bits per heavy atom. The molecule has 3 unspecified atom stereocenters. The van der Waals surface area contributed by atoms with E-state index in [2.05, 4.69) is 19.2 Å². The lowest BCUT2D eigenvalue weighted by Gasteiger charge is -2.33. The fourth-order valence-corrected chi connectivity index (χ4v) is 1.74. The topological polar surface area (TPSA) is 81.1 Å². The first-order chi connectivity index (χ1) is 7.22. The van der Waals surface area contributed by atoms with Crippen molar-refractivity contribution in [2.24, 2.45) is 23.3 Å². The summed E-state index contributed by atoms with van der Waals surface area (Å²) in [5.74, 6) is 0.307. The van der Waals surface area contributed by atoms with Gasteiger partial charge in [-0.3, -0.25) is 4.79 Å². The number of nitrogens with two attached hydrogens (primary N) is 2. The fraction of sp³-hybridized carbons (Fsp3) is 0.917. The predicted molar refractivity (Wildman–Crippen MR) is 67.9 cm³/mol. The smallest absolute Gasteiger partial charge is 0.224 e. The number of rotatable bonds is 6. The largest absolute Gasteiger partial charge is 0.349 e. The Morgan fingerprint density at radius 2 is 1.81 bits per heavy atom. The van der Waals surface area contributed by atoms with Crippen molar-refractivity contribution in [3.63, 3.8) is 0 Å². The lowest BCUT2D eigenvalue weighted by Crippen LogP contribution is -2.55. The van der Waals surface area contributed by atoms with Crippen LogP contribution in [0.25, 0.3) is 0 Å². The van der Waals surface area contributed by atoms with Gasteiger partial charge in [0.1, 0.15) is 0 Å². The average molecular weight is 229 g/mol. The summed E-state index contributed by atoms with van der Waals surface area (Å²) in [6, 6.07) is -0.138. The molecule has 4 heteroatoms. The highest BCUT2D eigenvalue weighted by molar-refractivity contribution is 5.79. The molecular weight excluding hydrogens is 202 g/mol. The standard InChI is InChI=1S/C12H27N3O/c1-8(2)6-12(5,7-13)15-11(16)9(3)10(4)14/h8-10H,6-7,13-14H2,1-5H3,(H,15,16). The van der Waals surface area contributed by atoms with Gasteiger partial charge in [0.05, 0.1) is 0 Å². The molecule has 0 heterocycles. The zero-order valence-electron chi connectivity index (χ0n) is 11.2. The minimum atomic E-state index is -0.325. The monoisotopic (exact) mass is 229 g/mol. The number of carbonyl (C=O) groups is 1. The van der Waals surface area contributed by atoms with Crippen LogP contribution in [0.1, 0.15) is 41.0 Å². The molecule has 0 rings (SSSR count). The normalized spacial score (nSPS) is 19.0. The molecule has 0 saturated carbocycles. The summed E-state index contributed by atoms with van der Waals surface area (Å²) in [4.78, 5) is 11.9. The van der Waals surface area contributed by atoms with Crippen molar-refractivity contribution in [3.05, 3.63) is 0 Å². The number of hydrogen-bond donors (Lipinski definition) is 3. The number of nitrogens with one attached hydrogen (secondary N) is 1. The molecule has 0 aliphatic carbocycles. The molecule has 0 spiro atoms. The van der Waals surface area contributed by atoms with Crippen LogP contribution in [-0.4, -0.2) is 24.0 Å². The average Bonchev–Trinajstić information content (AvgIpc) is 2.14. The minimum Gasteiger partial charge on any atom is -0.349 e. The van der Waals surface area contributed by atoms with Crippen LogP contribution in [-0.2, 0) is 4.79 Å². The third-order valence-corrected chi connectivity index (χ3v) is 2.94. The minimum absolute atomic E-state index is 0.0106. The lowest BCUT2D eigenvalue weighted by molar-refractivity contribution is -0.126. The molecule has 3 atom stereocenters. The van der Waals surface area contributed by atoms with Crippen molar-refractivity contribution in [1.29, 1.82) is 0 Å². The highest BCUT2D eigenvalue weighted by Gasteiger charge is 2.28. The SMILES string of the molecule is CC(C)CC(C)(CN)NC(=O)C(C)C(C)N. The molecule has 0 aromatic carbocycles. The molecule has 16 heavy (non-hydrogen) atoms. The maximum atomic E-state index is 11.9. The summed E-state index contributed by atoms with van der Waals surface area (Å²) >= 11 is 0. The predicted octanol–water partition coefficient (Wildman–Crippen LogP) is 0.849. The molecule has 0 aromatic heterocycles. The lowest BCUT2D eigenvalue weighted by atomic mass is 9.89. The van der Waals surface area contributed by atoms with E-state index >= 15 is 0 Å². The molecule has 0 radical (unpaired) electrons. The van der Waals surface area contributed by atoms with Gasteiger partial charge in [0.2, 0.25) is 5.91 Å². The molecule has 5 N–H and O–H groups in total. The van der Waals surface area contributed by atoms with E-state index in [1.807, 2.05) is 20.8 Å². The van der Waals surface area contributed by atoms with Crippen molar-refractivity contribution < 1.29 is 4.79 Å². The Labute approximate surface area is 99.1 Å². The van der Waals surface area contributed by atoms with E-state index < -0.39 is 0 Å². The van der Waals surface area contributed by atoms with Crippen LogP contribution < -0.4 is 16.8 Å². The molecule has 0 aromatic rings. The van der Waals surface area contributed by atoms with Crippen LogP contribution in [0.4, 0.5) is 0 Å². The Bertz CT molecular complexity index is 228. The highest BCUT2D eigenvalue weighted by Crippen LogP contribution is 2.16. The van der Waals surface area contributed by atoms with E-state index in [0.29, 0.717) is 12.5 Å². The van der Waals surface area contributed by atoms with Crippen LogP contribution in [0.3, 0.4) is 0 Å². The van der Waals surface area contributed by atoms with Gasteiger partial charge in [0, 0.05) is 24.0 Å². The van der Waals surface area contributed by atoms with Crippen LogP contribution in [0.2, 0.25) is 0 Å². The first-order valence-electron chi connectivity index (χ1n) is 5.99. The van der Waals surface area contributed by atoms with E-state index in [0.717, 1.165) is 6.42 Å². The molecule has 4 nitrogen and oxygen atoms in total. The van der Waals surface area contributed by atoms with Crippen LogP contribution in [0.5, 0.6) is 0 Å². The summed E-state index contributed by atoms with van der Waals surface area (Å²) in [7, 11) is 0. The zero-order valence-corrected chi connectivity index (χ0v) is 11.2. The molecule has 0 saturated heterocycles. The van der Waals surface area contributed by atoms with E-state index in [1.165, 1.54) is 0 Å². The van der Waals surface area contributed by atoms with Crippen molar-refractivity contribution in [2.45, 2.75) is 52.6 Å². The van der Waals surface area contributed by atoms with Crippen molar-refractivity contribution in [2.75, 3.05) is 6.54 Å². The maximum Gasteiger partial charge on any atom is 0.224 e. The molecule has 0 fully saturated rings. The second-order valence-electron chi connectivity index (χ2n) is 5.50. The summed E-state index contributed by atoms with van der Waals surface area (Å²) in [6.45, 7) is 10.4. The third-order valence-electron chi connectivity index (χ3n) is 2.94. The maximum absolute atomic E-state index is 11.9. The summed E-state index contributed by atoms with van der Waals surface area (Å²) in [5.41, 5.74) is 11.1. The second-order valence-corrected chi connectivity index (χ2v) is 5.50. The molecular formula is C12H27N3O. The van der Waals surface area contributed by atoms with Crippen LogP contribution >= 0.6 is 0 Å². The highest BCUT2D eigenvalue weighted by atomic mass is 16.2. The molecule has 0 bridgehead atoms. The third kappa shape index (κ3) is 4.94. The Balaban J connectivity index is 4.47. The van der Waals surface area contributed by atoms with Gasteiger partial charge in [-0.1, -0.05) is 20.8 Å². The van der Waals surface area contributed by atoms with Gasteiger partial charge in [-0.25, -0.2) is 0 Å². The second kappa shape index (κ2) is 6.21. The van der Waals surface area contributed by atoms with Gasteiger partial charge in [0.15, 0.2) is 0 Å². The fourth-order valence-electron chi connectivity index (χ4n) is 1.74. The summed E-state index contributed by atoms with van der Waals surface area (Å²) < 4.78 is 0. The number of amides is 1. The summed E-state index contributed by atoms with van der Waals surface area (Å²) in [6.07, 6.45) is 0.876. The quantitative estimate of drug-likeness (QED) is 0.631. The molecule has 0 aliphatic heterocycles. The molecule has 1 amide bonds. The molecule has 96 valence electrons. The van der Waals surface area contributed by atoms with Gasteiger partial charge in [-0.15, -0.1) is 0 Å². The van der Waals surface area contributed by atoms with Gasteiger partial charge in [-0.2, -0.15) is 0 Å². The molecule has 0 aliphatic rings. The Kier molecular flexibility index (Phi) is 5.97. The van der Waals surface area contributed by atoms with Crippen molar-refractivity contribution >= 4 is 5.91 Å². The van der Waals surface area contributed by atoms with Gasteiger partial charge >= 0.3 is 0 Å². The Morgan fingerprint density at radius 3 is 2.12 bits per heavy atom. The first kappa shape index (κ1) is 15.4. The van der Waals surface area contributed by atoms with Crippen molar-refractivity contribution in [3.8, 4) is 0 Å². The van der Waals surface area contributed by atoms with Gasteiger partial charge < -0.3 is 16.8 Å². The van der Waals surface area contributed by atoms with E-state index in [4.69, 9.17) is 11.5 Å². The van der Waals surface area contributed by atoms with E-state index in [1.54, 1.807) is 0 Å². The zero-order chi connectivity index (χ0) is 12.9. The summed E-state index contributed by atoms with van der Waals surface area (Å²) in [5, 5.41) is 3.01. The Hall–Kier alpha value is -0.610. The first-order valence-corrected chi connectivity index (χ1v) is 5.99. The number of hydrogen-bond acceptors (Lipinski definition) is 3. The number of carbonyl (C=O) groups excluding carboxylic acids is 1. The van der Waals surface area contributed by atoms with Gasteiger partial charge in [0.25, 0.3) is 0 Å². The van der Waals surface area contributed by atoms with E-state index in [9.17, 15) is 4.79 Å². The van der Waals surface area contributed by atoms with Crippen LogP contribution in [0, 0.1) is 11.8 Å². The van der Waals surface area contributed by atoms with E-state index in [-0.39, 0.29) is 23.4 Å².